The van der Waals surface area contributed by atoms with E-state index in [1.54, 1.807) is 7.11 Å². The van der Waals surface area contributed by atoms with Gasteiger partial charge in [-0.05, 0) is 76.4 Å². The number of methoxy groups -OCH3 is 1. The normalized spacial score (nSPS) is 13.2. The molecule has 0 saturated heterocycles. The molecular formula is C32H40ClNO2S. The van der Waals surface area contributed by atoms with E-state index in [2.05, 4.69) is 59.0 Å². The van der Waals surface area contributed by atoms with Crippen LogP contribution in [-0.2, 0) is 4.79 Å². The maximum Gasteiger partial charge on any atom is 0.198 e. The SMILES string of the molecule is COc1ccc(N[C@H](c2ccc(Cl)cc2)[C@@H](C)C(=O)Sc2c(C(C)C)cc(C(C)C)cc2C(C)C)cc1. The van der Waals surface area contributed by atoms with Crippen molar-refractivity contribution >= 4 is 34.2 Å². The maximum absolute atomic E-state index is 13.9. The molecule has 3 rings (SSSR count). The molecule has 0 heterocycles. The minimum Gasteiger partial charge on any atom is -0.497 e. The van der Waals surface area contributed by atoms with Crippen molar-refractivity contribution in [3.8, 4) is 5.75 Å². The molecule has 37 heavy (non-hydrogen) atoms. The first-order valence-electron chi connectivity index (χ1n) is 13.1. The quantitative estimate of drug-likeness (QED) is 0.261. The Labute approximate surface area is 232 Å². The largest absolute Gasteiger partial charge is 0.497 e. The van der Waals surface area contributed by atoms with E-state index in [9.17, 15) is 4.79 Å². The predicted molar refractivity (Wildman–Crippen MR) is 160 cm³/mol. The number of benzene rings is 3. The smallest absolute Gasteiger partial charge is 0.198 e. The Kier molecular flexibility index (Phi) is 10.1. The highest BCUT2D eigenvalue weighted by atomic mass is 35.5. The fourth-order valence-corrected chi connectivity index (χ4v) is 5.85. The van der Waals surface area contributed by atoms with Crippen LogP contribution in [0.4, 0.5) is 5.69 Å². The Balaban J connectivity index is 1.98. The van der Waals surface area contributed by atoms with E-state index < -0.39 is 0 Å². The average molecular weight is 538 g/mol. The van der Waals surface area contributed by atoms with Crippen molar-refractivity contribution < 1.29 is 9.53 Å². The zero-order valence-corrected chi connectivity index (χ0v) is 24.8. The molecule has 0 unspecified atom stereocenters. The molecule has 0 amide bonds. The summed E-state index contributed by atoms with van der Waals surface area (Å²) in [6.07, 6.45) is 0. The predicted octanol–water partition coefficient (Wildman–Crippen LogP) is 9.83. The van der Waals surface area contributed by atoms with Gasteiger partial charge >= 0.3 is 0 Å². The zero-order chi connectivity index (χ0) is 27.3. The van der Waals surface area contributed by atoms with Crippen LogP contribution in [0.15, 0.2) is 65.6 Å². The standard InChI is InChI=1S/C32H40ClNO2S/c1-19(2)24-17-28(20(3)4)31(29(18-24)21(5)6)37-32(35)22(7)30(23-9-11-25(33)12-10-23)34-26-13-15-27(36-8)16-14-26/h9-22,30,34H,1-8H3/t22-,30+/m1/s1. The molecular weight excluding hydrogens is 498 g/mol. The van der Waals surface area contributed by atoms with Crippen LogP contribution in [0, 0.1) is 5.92 Å². The Bertz CT molecular complexity index is 1160. The minimum absolute atomic E-state index is 0.141. The molecule has 0 fully saturated rings. The lowest BCUT2D eigenvalue weighted by Gasteiger charge is -2.27. The maximum atomic E-state index is 13.9. The second kappa shape index (κ2) is 12.9. The van der Waals surface area contributed by atoms with E-state index in [1.165, 1.54) is 28.5 Å². The molecule has 198 valence electrons. The van der Waals surface area contributed by atoms with Crippen LogP contribution in [0.3, 0.4) is 0 Å². The molecule has 3 nitrogen and oxygen atoms in total. The van der Waals surface area contributed by atoms with E-state index in [1.807, 2.05) is 55.5 Å². The summed E-state index contributed by atoms with van der Waals surface area (Å²) in [6, 6.07) is 19.9. The average Bonchev–Trinajstić information content (AvgIpc) is 2.87. The van der Waals surface area contributed by atoms with E-state index in [0.717, 1.165) is 21.9 Å². The van der Waals surface area contributed by atoms with Crippen molar-refractivity contribution in [3.63, 3.8) is 0 Å². The van der Waals surface area contributed by atoms with Crippen molar-refractivity contribution in [2.75, 3.05) is 12.4 Å². The van der Waals surface area contributed by atoms with Gasteiger partial charge in [-0.15, -0.1) is 0 Å². The molecule has 0 aliphatic carbocycles. The van der Waals surface area contributed by atoms with Crippen LogP contribution >= 0.6 is 23.4 Å². The summed E-state index contributed by atoms with van der Waals surface area (Å²) in [4.78, 5) is 15.0. The van der Waals surface area contributed by atoms with Crippen molar-refractivity contribution in [1.82, 2.24) is 0 Å². The van der Waals surface area contributed by atoms with Crippen LogP contribution in [0.1, 0.15) is 94.5 Å². The molecule has 0 saturated carbocycles. The summed E-state index contributed by atoms with van der Waals surface area (Å²) in [5, 5.41) is 4.41. The Hall–Kier alpha value is -2.43. The first-order valence-corrected chi connectivity index (χ1v) is 14.3. The van der Waals surface area contributed by atoms with E-state index >= 15 is 0 Å². The van der Waals surface area contributed by atoms with Gasteiger partial charge in [0.05, 0.1) is 19.1 Å². The fourth-order valence-electron chi connectivity index (χ4n) is 4.37. The monoisotopic (exact) mass is 537 g/mol. The number of hydrogen-bond acceptors (Lipinski definition) is 4. The van der Waals surface area contributed by atoms with Gasteiger partial charge in [-0.1, -0.05) is 96.1 Å². The van der Waals surface area contributed by atoms with Crippen molar-refractivity contribution in [2.45, 2.75) is 77.2 Å². The highest BCUT2D eigenvalue weighted by Gasteiger charge is 2.29. The van der Waals surface area contributed by atoms with E-state index in [4.69, 9.17) is 16.3 Å². The summed E-state index contributed by atoms with van der Waals surface area (Å²) < 4.78 is 5.31. The number of carbonyl (C=O) groups excluding carboxylic acids is 1. The van der Waals surface area contributed by atoms with Gasteiger partial charge in [-0.25, -0.2) is 0 Å². The molecule has 5 heteroatoms. The summed E-state index contributed by atoms with van der Waals surface area (Å²) >= 11 is 7.58. The molecule has 0 radical (unpaired) electrons. The number of carbonyl (C=O) groups is 1. The van der Waals surface area contributed by atoms with Crippen LogP contribution < -0.4 is 10.1 Å². The number of nitrogens with one attached hydrogen (secondary N) is 1. The number of anilines is 1. The number of hydrogen-bond donors (Lipinski definition) is 1. The molecule has 2 atom stereocenters. The molecule has 0 aliphatic rings. The molecule has 0 aliphatic heterocycles. The highest BCUT2D eigenvalue weighted by molar-refractivity contribution is 8.13. The summed E-state index contributed by atoms with van der Waals surface area (Å²) in [7, 11) is 1.65. The fraction of sp³-hybridized carbons (Fsp3) is 0.406. The summed E-state index contributed by atoms with van der Waals surface area (Å²) in [5.41, 5.74) is 5.79. The second-order valence-electron chi connectivity index (χ2n) is 10.6. The van der Waals surface area contributed by atoms with Gasteiger partial charge in [0.2, 0.25) is 0 Å². The molecule has 3 aromatic rings. The number of thioether (sulfide) groups is 1. The lowest BCUT2D eigenvalue weighted by atomic mass is 9.89. The topological polar surface area (TPSA) is 38.3 Å². The highest BCUT2D eigenvalue weighted by Crippen LogP contribution is 2.41. The Morgan fingerprint density at radius 2 is 1.32 bits per heavy atom. The third-order valence-corrected chi connectivity index (χ3v) is 8.30. The molecule has 0 aromatic heterocycles. The van der Waals surface area contributed by atoms with Gasteiger partial charge < -0.3 is 10.1 Å². The van der Waals surface area contributed by atoms with Gasteiger partial charge in [0.1, 0.15) is 5.75 Å². The van der Waals surface area contributed by atoms with Crippen molar-refractivity contribution in [1.29, 1.82) is 0 Å². The number of halogens is 1. The van der Waals surface area contributed by atoms with Gasteiger partial charge in [0, 0.05) is 15.6 Å². The number of rotatable bonds is 10. The van der Waals surface area contributed by atoms with E-state index in [0.29, 0.717) is 22.8 Å². The molecule has 0 spiro atoms. The lowest BCUT2D eigenvalue weighted by Crippen LogP contribution is -2.24. The van der Waals surface area contributed by atoms with Crippen molar-refractivity contribution in [3.05, 3.63) is 87.9 Å². The third kappa shape index (κ3) is 7.33. The van der Waals surface area contributed by atoms with Crippen LogP contribution in [-0.4, -0.2) is 12.2 Å². The third-order valence-electron chi connectivity index (χ3n) is 6.80. The molecule has 0 bridgehead atoms. The second-order valence-corrected chi connectivity index (χ2v) is 12.1. The summed E-state index contributed by atoms with van der Waals surface area (Å²) in [5.74, 6) is 1.59. The van der Waals surface area contributed by atoms with Gasteiger partial charge in [0.25, 0.3) is 0 Å². The van der Waals surface area contributed by atoms with Gasteiger partial charge in [-0.2, -0.15) is 0 Å². The molecule has 3 aromatic carbocycles. The first kappa shape index (κ1) is 29.1. The van der Waals surface area contributed by atoms with Gasteiger partial charge in [0.15, 0.2) is 5.12 Å². The number of ether oxygens (including phenoxy) is 1. The van der Waals surface area contributed by atoms with E-state index in [-0.39, 0.29) is 17.1 Å². The lowest BCUT2D eigenvalue weighted by molar-refractivity contribution is -0.114. The summed E-state index contributed by atoms with van der Waals surface area (Å²) in [6.45, 7) is 15.3. The molecule has 1 N–H and O–H groups in total. The van der Waals surface area contributed by atoms with Gasteiger partial charge in [-0.3, -0.25) is 4.79 Å². The minimum atomic E-state index is -0.293. The Morgan fingerprint density at radius 3 is 1.78 bits per heavy atom. The van der Waals surface area contributed by atoms with Crippen LogP contribution in [0.25, 0.3) is 0 Å². The van der Waals surface area contributed by atoms with Crippen LogP contribution in [0.5, 0.6) is 5.75 Å². The Morgan fingerprint density at radius 1 is 0.784 bits per heavy atom. The van der Waals surface area contributed by atoms with Crippen molar-refractivity contribution in [2.24, 2.45) is 5.92 Å². The van der Waals surface area contributed by atoms with Crippen LogP contribution in [0.2, 0.25) is 5.02 Å². The zero-order valence-electron chi connectivity index (χ0n) is 23.3. The first-order chi connectivity index (χ1) is 17.5.